The molecule has 2 nitrogen and oxygen atoms in total. The summed E-state index contributed by atoms with van der Waals surface area (Å²) in [6, 6.07) is 9.39. The molecule has 0 aliphatic heterocycles. The highest BCUT2D eigenvalue weighted by atomic mass is 15.0. The van der Waals surface area contributed by atoms with Crippen molar-refractivity contribution in [2.75, 3.05) is 0 Å². The highest BCUT2D eigenvalue weighted by molar-refractivity contribution is 5.85. The summed E-state index contributed by atoms with van der Waals surface area (Å²) in [4.78, 5) is 0. The van der Waals surface area contributed by atoms with Crippen molar-refractivity contribution in [3.05, 3.63) is 35.5 Å². The van der Waals surface area contributed by atoms with E-state index in [4.69, 9.17) is 0 Å². The van der Waals surface area contributed by atoms with Gasteiger partial charge in [-0.15, -0.1) is 0 Å². The summed E-state index contributed by atoms with van der Waals surface area (Å²) in [5.41, 5.74) is 4.20. The van der Waals surface area contributed by atoms with Gasteiger partial charge in [-0.25, -0.2) is 0 Å². The molecule has 1 aromatic heterocycles. The van der Waals surface area contributed by atoms with Gasteiger partial charge in [0.15, 0.2) is 0 Å². The van der Waals surface area contributed by atoms with E-state index in [1.165, 1.54) is 41.4 Å². The van der Waals surface area contributed by atoms with Crippen LogP contribution in [0.25, 0.3) is 10.9 Å². The van der Waals surface area contributed by atoms with Crippen LogP contribution in [0.2, 0.25) is 0 Å². The van der Waals surface area contributed by atoms with E-state index in [1.807, 2.05) is 0 Å². The number of benzene rings is 1. The Bertz CT molecular complexity index is 587. The monoisotopic (exact) mass is 284 g/mol. The summed E-state index contributed by atoms with van der Waals surface area (Å²) in [6.45, 7) is 8.06. The molecule has 2 heteroatoms. The number of aryl methyl sites for hydroxylation is 2. The third-order valence-electron chi connectivity index (χ3n) is 5.75. The van der Waals surface area contributed by atoms with E-state index in [2.05, 4.69) is 62.0 Å². The topological polar surface area (TPSA) is 17.0 Å². The molecule has 1 N–H and O–H groups in total. The zero-order valence-corrected chi connectivity index (χ0v) is 13.8. The second-order valence-electron chi connectivity index (χ2n) is 6.90. The minimum atomic E-state index is 0.672. The van der Waals surface area contributed by atoms with E-state index >= 15 is 0 Å². The van der Waals surface area contributed by atoms with Crippen molar-refractivity contribution < 1.29 is 0 Å². The van der Waals surface area contributed by atoms with Gasteiger partial charge in [-0.05, 0) is 36.8 Å². The molecule has 0 saturated heterocycles. The zero-order chi connectivity index (χ0) is 15.0. The first kappa shape index (κ1) is 14.6. The van der Waals surface area contributed by atoms with Gasteiger partial charge in [0.1, 0.15) is 0 Å². The zero-order valence-electron chi connectivity index (χ0n) is 13.8. The van der Waals surface area contributed by atoms with Gasteiger partial charge in [0.25, 0.3) is 0 Å². The van der Waals surface area contributed by atoms with E-state index in [9.17, 15) is 0 Å². The van der Waals surface area contributed by atoms with Gasteiger partial charge in [0.2, 0.25) is 0 Å². The van der Waals surface area contributed by atoms with E-state index < -0.39 is 0 Å². The van der Waals surface area contributed by atoms with Gasteiger partial charge in [-0.1, -0.05) is 44.9 Å². The molecule has 2 aromatic rings. The second-order valence-corrected chi connectivity index (χ2v) is 6.90. The van der Waals surface area contributed by atoms with Crippen LogP contribution in [-0.4, -0.2) is 10.6 Å². The minimum absolute atomic E-state index is 0.672. The molecule has 1 aliphatic rings. The number of aromatic nitrogens is 1. The third kappa shape index (κ3) is 2.62. The molecule has 1 aromatic carbocycles. The quantitative estimate of drug-likeness (QED) is 0.884. The number of para-hydroxylation sites is 1. The van der Waals surface area contributed by atoms with Gasteiger partial charge in [0, 0.05) is 36.2 Å². The predicted octanol–water partition coefficient (Wildman–Crippen LogP) is 4.40. The van der Waals surface area contributed by atoms with Crippen LogP contribution in [0, 0.1) is 18.8 Å². The maximum Gasteiger partial charge on any atom is 0.0483 e. The van der Waals surface area contributed by atoms with E-state index in [0.29, 0.717) is 6.04 Å². The molecule has 0 radical (unpaired) electrons. The summed E-state index contributed by atoms with van der Waals surface area (Å²) in [5.74, 6) is 1.64. The van der Waals surface area contributed by atoms with Crippen LogP contribution in [-0.2, 0) is 13.6 Å². The van der Waals surface area contributed by atoms with Crippen LogP contribution < -0.4 is 5.32 Å². The van der Waals surface area contributed by atoms with Crippen molar-refractivity contribution in [2.24, 2.45) is 18.9 Å². The Hall–Kier alpha value is -1.28. The van der Waals surface area contributed by atoms with Crippen LogP contribution in [0.5, 0.6) is 0 Å². The van der Waals surface area contributed by atoms with Gasteiger partial charge in [-0.3, -0.25) is 0 Å². The molecule has 1 fully saturated rings. The number of rotatable bonds is 3. The molecule has 114 valence electrons. The molecule has 0 amide bonds. The third-order valence-corrected chi connectivity index (χ3v) is 5.75. The minimum Gasteiger partial charge on any atom is -0.346 e. The van der Waals surface area contributed by atoms with Crippen molar-refractivity contribution in [3.8, 4) is 0 Å². The lowest BCUT2D eigenvalue weighted by Gasteiger charge is -2.35. The average Bonchev–Trinajstić information content (AvgIpc) is 2.73. The summed E-state index contributed by atoms with van der Waals surface area (Å²) in [7, 11) is 2.19. The summed E-state index contributed by atoms with van der Waals surface area (Å²) >= 11 is 0. The first-order valence-corrected chi connectivity index (χ1v) is 8.36. The van der Waals surface area contributed by atoms with E-state index in [-0.39, 0.29) is 0 Å². The lowest BCUT2D eigenvalue weighted by atomic mass is 9.78. The molecule has 1 aliphatic carbocycles. The van der Waals surface area contributed by atoms with Gasteiger partial charge in [0.05, 0.1) is 0 Å². The smallest absolute Gasteiger partial charge is 0.0483 e. The number of hydrogen-bond donors (Lipinski definition) is 1. The number of nitrogens with zero attached hydrogens (tertiary/aromatic N) is 1. The first-order chi connectivity index (χ1) is 10.1. The van der Waals surface area contributed by atoms with Crippen LogP contribution >= 0.6 is 0 Å². The number of fused-ring (bicyclic) bond motifs is 1. The predicted molar refractivity (Wildman–Crippen MR) is 90.5 cm³/mol. The molecule has 21 heavy (non-hydrogen) atoms. The van der Waals surface area contributed by atoms with Crippen molar-refractivity contribution in [1.29, 1.82) is 0 Å². The molecule has 1 saturated carbocycles. The maximum atomic E-state index is 3.84. The van der Waals surface area contributed by atoms with Crippen molar-refractivity contribution >= 4 is 10.9 Å². The average molecular weight is 284 g/mol. The first-order valence-electron chi connectivity index (χ1n) is 8.36. The molecular formula is C19H28N2. The maximum absolute atomic E-state index is 3.84. The van der Waals surface area contributed by atoms with Crippen LogP contribution in [0.4, 0.5) is 0 Å². The lowest BCUT2D eigenvalue weighted by molar-refractivity contribution is 0.205. The summed E-state index contributed by atoms with van der Waals surface area (Å²) < 4.78 is 2.36. The van der Waals surface area contributed by atoms with Crippen molar-refractivity contribution in [2.45, 2.75) is 52.6 Å². The highest BCUT2D eigenvalue weighted by Gasteiger charge is 2.26. The van der Waals surface area contributed by atoms with E-state index in [0.717, 1.165) is 18.4 Å². The Morgan fingerprint density at radius 1 is 1.19 bits per heavy atom. The standard InChI is InChI=1S/C19H28N2/c1-13-8-7-10-17(14(13)2)20-12-19-15(3)16-9-5-6-11-18(16)21(19)4/h5-6,9,11,13-14,17,20H,7-8,10,12H2,1-4H3. The van der Waals surface area contributed by atoms with Crippen LogP contribution in [0.15, 0.2) is 24.3 Å². The molecule has 1 heterocycles. The lowest BCUT2D eigenvalue weighted by Crippen LogP contribution is -2.40. The Morgan fingerprint density at radius 2 is 1.95 bits per heavy atom. The summed E-state index contributed by atoms with van der Waals surface area (Å²) in [6.07, 6.45) is 4.10. The van der Waals surface area contributed by atoms with Crippen LogP contribution in [0.3, 0.4) is 0 Å². The molecule has 3 unspecified atom stereocenters. The Balaban J connectivity index is 1.79. The van der Waals surface area contributed by atoms with E-state index in [1.54, 1.807) is 0 Å². The SMILES string of the molecule is Cc1c(CNC2CCCC(C)C2C)n(C)c2ccccc12. The molecule has 3 atom stereocenters. The Morgan fingerprint density at radius 3 is 2.71 bits per heavy atom. The normalized spacial score (nSPS) is 26.4. The van der Waals surface area contributed by atoms with Crippen molar-refractivity contribution in [1.82, 2.24) is 9.88 Å². The highest BCUT2D eigenvalue weighted by Crippen LogP contribution is 2.30. The van der Waals surface area contributed by atoms with Gasteiger partial charge >= 0.3 is 0 Å². The fraction of sp³-hybridized carbons (Fsp3) is 0.579. The molecule has 0 bridgehead atoms. The van der Waals surface area contributed by atoms with Gasteiger partial charge in [-0.2, -0.15) is 0 Å². The molecule has 3 rings (SSSR count). The number of nitrogens with one attached hydrogen (secondary N) is 1. The second kappa shape index (κ2) is 5.84. The summed E-state index contributed by atoms with van der Waals surface area (Å²) in [5, 5.41) is 5.23. The largest absolute Gasteiger partial charge is 0.346 e. The fourth-order valence-electron chi connectivity index (χ4n) is 3.98. The Kier molecular flexibility index (Phi) is 4.08. The van der Waals surface area contributed by atoms with Crippen LogP contribution in [0.1, 0.15) is 44.4 Å². The fourth-order valence-corrected chi connectivity index (χ4v) is 3.98. The molecular weight excluding hydrogens is 256 g/mol. The number of hydrogen-bond acceptors (Lipinski definition) is 1. The van der Waals surface area contributed by atoms with Crippen molar-refractivity contribution in [3.63, 3.8) is 0 Å². The Labute approximate surface area is 128 Å². The van der Waals surface area contributed by atoms with Gasteiger partial charge < -0.3 is 9.88 Å². The molecule has 0 spiro atoms.